The van der Waals surface area contributed by atoms with E-state index in [9.17, 15) is 0 Å². The highest BCUT2D eigenvalue weighted by Gasteiger charge is 2.10. The Morgan fingerprint density at radius 1 is 0.138 bits per heavy atom. The summed E-state index contributed by atoms with van der Waals surface area (Å²) < 4.78 is 33.5. The fourth-order valence-corrected chi connectivity index (χ4v) is 6.76. The Labute approximate surface area is 513 Å². The molecular formula is C74H168O6. The minimum atomic E-state index is 0.672. The molecule has 0 bridgehead atoms. The number of rotatable bonds is 48. The van der Waals surface area contributed by atoms with Gasteiger partial charge in [0, 0.05) is 79.3 Å². The van der Waals surface area contributed by atoms with Crippen molar-refractivity contribution in [1.82, 2.24) is 0 Å². The molecule has 0 aromatic heterocycles. The van der Waals surface area contributed by atoms with Gasteiger partial charge in [0.2, 0.25) is 0 Å². The van der Waals surface area contributed by atoms with Crippen molar-refractivity contribution in [1.29, 1.82) is 0 Å². The second-order valence-electron chi connectivity index (χ2n) is 21.7. The first-order chi connectivity index (χ1) is 39.0. The van der Waals surface area contributed by atoms with Gasteiger partial charge in [-0.3, -0.25) is 0 Å². The van der Waals surface area contributed by atoms with Crippen molar-refractivity contribution in [3.63, 3.8) is 0 Å². The predicted octanol–water partition coefficient (Wildman–Crippen LogP) is 26.5. The molecule has 0 spiro atoms. The van der Waals surface area contributed by atoms with E-state index in [1.807, 2.05) is 0 Å². The summed E-state index contributed by atoms with van der Waals surface area (Å²) in [6.45, 7) is 58.9. The minimum Gasteiger partial charge on any atom is -0.381 e. The SMILES string of the molecule is CCCC.CCCCC.CCCCC.CCCCC.CCCCC.CCCCCC.CCCCCC.CCCCCC.CCCOCCC(CCOCCC)CCOCCC.CCCOCCC(CCOCCC)CCOCCC. The molecule has 0 aliphatic rings. The lowest BCUT2D eigenvalue weighted by Gasteiger charge is -2.17. The van der Waals surface area contributed by atoms with Crippen LogP contribution in [0.3, 0.4) is 0 Å². The van der Waals surface area contributed by atoms with Gasteiger partial charge in [-0.1, -0.05) is 319 Å². The van der Waals surface area contributed by atoms with Gasteiger partial charge in [0.25, 0.3) is 0 Å². The summed E-state index contributed by atoms with van der Waals surface area (Å²) in [6, 6.07) is 0. The summed E-state index contributed by atoms with van der Waals surface area (Å²) in [5.74, 6) is 1.34. The molecule has 0 atom stereocenters. The monoisotopic (exact) mass is 1150 g/mol. The Bertz CT molecular complexity index is 611. The first kappa shape index (κ1) is 102. The third-order valence-corrected chi connectivity index (χ3v) is 12.3. The molecule has 0 unspecified atom stereocenters. The van der Waals surface area contributed by atoms with Gasteiger partial charge in [0.05, 0.1) is 0 Å². The molecule has 0 N–H and O–H groups in total. The third-order valence-electron chi connectivity index (χ3n) is 12.3. The molecule has 500 valence electrons. The molecular weight excluding hydrogens is 985 g/mol. The zero-order valence-corrected chi connectivity index (χ0v) is 61.0. The van der Waals surface area contributed by atoms with Crippen molar-refractivity contribution < 1.29 is 28.4 Å². The Hall–Kier alpha value is -0.240. The average Bonchev–Trinajstić information content (AvgIpc) is 3.47. The number of hydrogen-bond donors (Lipinski definition) is 0. The van der Waals surface area contributed by atoms with Crippen LogP contribution in [0.4, 0.5) is 0 Å². The Kier molecular flexibility index (Phi) is 159. The molecule has 0 amide bonds. The molecule has 80 heavy (non-hydrogen) atoms. The lowest BCUT2D eigenvalue weighted by atomic mass is 9.99. The summed E-state index contributed by atoms with van der Waals surface area (Å²) in [4.78, 5) is 0. The van der Waals surface area contributed by atoms with Gasteiger partial charge in [-0.15, -0.1) is 0 Å². The Morgan fingerprint density at radius 3 is 0.338 bits per heavy atom. The van der Waals surface area contributed by atoms with Crippen molar-refractivity contribution in [2.24, 2.45) is 11.8 Å². The van der Waals surface area contributed by atoms with Crippen LogP contribution in [0, 0.1) is 11.8 Å². The predicted molar refractivity (Wildman–Crippen MR) is 372 cm³/mol. The van der Waals surface area contributed by atoms with E-state index in [0.717, 1.165) is 156 Å². The lowest BCUT2D eigenvalue weighted by Crippen LogP contribution is -2.12. The van der Waals surface area contributed by atoms with E-state index in [1.54, 1.807) is 0 Å². The molecule has 0 saturated carbocycles. The first-order valence-electron chi connectivity index (χ1n) is 36.5. The third kappa shape index (κ3) is 159. The molecule has 0 rings (SSSR count). The standard InChI is InChI=1S/2C16H34O3.3C6H14.4C5H12.C4H10/c2*1-4-10-17-13-7-16(8-14-18-11-5-2)9-15-19-12-6-3;3*1-3-5-6-4-2;4*1-3-5-4-2;1-3-4-2/h2*16H,4-15H2,1-3H3;3*3-6H2,1-2H3;4*3-5H2,1-2H3;3-4H2,1-2H3. The molecule has 6 heteroatoms. The quantitative estimate of drug-likeness (QED) is 0.0566. The summed E-state index contributed by atoms with van der Waals surface area (Å²) in [5.41, 5.74) is 0. The van der Waals surface area contributed by atoms with E-state index in [1.165, 1.54) is 167 Å². The normalized spacial score (nSPS) is 9.90. The maximum Gasteiger partial charge on any atom is 0.0468 e. The van der Waals surface area contributed by atoms with E-state index in [-0.39, 0.29) is 0 Å². The molecule has 0 aliphatic heterocycles. The highest BCUT2D eigenvalue weighted by Crippen LogP contribution is 2.16. The van der Waals surface area contributed by atoms with E-state index in [2.05, 4.69) is 152 Å². The lowest BCUT2D eigenvalue weighted by molar-refractivity contribution is 0.0758. The molecule has 0 saturated heterocycles. The molecule has 0 radical (unpaired) electrons. The fraction of sp³-hybridized carbons (Fsp3) is 1.00. The minimum absolute atomic E-state index is 0.672. The smallest absolute Gasteiger partial charge is 0.0468 e. The molecule has 6 nitrogen and oxygen atoms in total. The van der Waals surface area contributed by atoms with Crippen LogP contribution in [-0.2, 0) is 28.4 Å². The summed E-state index contributed by atoms with van der Waals surface area (Å²) in [6.07, 6.45) is 48.9. The van der Waals surface area contributed by atoms with Crippen LogP contribution in [0.2, 0.25) is 0 Å². The Balaban J connectivity index is -0.0000000915. The average molecular weight is 1150 g/mol. The largest absolute Gasteiger partial charge is 0.381 e. The van der Waals surface area contributed by atoms with Crippen LogP contribution in [0.5, 0.6) is 0 Å². The van der Waals surface area contributed by atoms with Gasteiger partial charge in [-0.25, -0.2) is 0 Å². The molecule has 0 aromatic rings. The van der Waals surface area contributed by atoms with Gasteiger partial charge in [-0.05, 0) is 88.9 Å². The van der Waals surface area contributed by atoms with Crippen LogP contribution in [-0.4, -0.2) is 79.3 Å². The van der Waals surface area contributed by atoms with Crippen LogP contribution in [0.25, 0.3) is 0 Å². The van der Waals surface area contributed by atoms with Crippen LogP contribution >= 0.6 is 0 Å². The highest BCUT2D eigenvalue weighted by molar-refractivity contribution is 4.61. The van der Waals surface area contributed by atoms with E-state index in [4.69, 9.17) is 28.4 Å². The molecule has 0 aliphatic carbocycles. The Morgan fingerprint density at radius 2 is 0.263 bits per heavy atom. The second-order valence-corrected chi connectivity index (χ2v) is 21.7. The van der Waals surface area contributed by atoms with Crippen LogP contribution in [0.1, 0.15) is 396 Å². The second kappa shape index (κ2) is 125. The first-order valence-corrected chi connectivity index (χ1v) is 36.5. The van der Waals surface area contributed by atoms with Crippen molar-refractivity contribution in [2.75, 3.05) is 79.3 Å². The van der Waals surface area contributed by atoms with Crippen LogP contribution in [0.15, 0.2) is 0 Å². The highest BCUT2D eigenvalue weighted by atomic mass is 16.5. The number of ether oxygens (including phenoxy) is 6. The van der Waals surface area contributed by atoms with Gasteiger partial charge >= 0.3 is 0 Å². The van der Waals surface area contributed by atoms with Crippen molar-refractivity contribution in [2.45, 2.75) is 396 Å². The number of hydrogen-bond acceptors (Lipinski definition) is 6. The maximum absolute atomic E-state index is 5.59. The van der Waals surface area contributed by atoms with E-state index in [0.29, 0.717) is 11.8 Å². The zero-order chi connectivity index (χ0) is 62.8. The van der Waals surface area contributed by atoms with Crippen molar-refractivity contribution in [3.05, 3.63) is 0 Å². The topological polar surface area (TPSA) is 55.4 Å². The van der Waals surface area contributed by atoms with Gasteiger partial charge in [0.15, 0.2) is 0 Å². The molecule has 0 fully saturated rings. The van der Waals surface area contributed by atoms with Gasteiger partial charge < -0.3 is 28.4 Å². The summed E-state index contributed by atoms with van der Waals surface area (Å²) in [7, 11) is 0. The maximum atomic E-state index is 5.59. The fourth-order valence-electron chi connectivity index (χ4n) is 6.76. The van der Waals surface area contributed by atoms with E-state index >= 15 is 0 Å². The van der Waals surface area contributed by atoms with E-state index < -0.39 is 0 Å². The number of unbranched alkanes of at least 4 members (excludes halogenated alkanes) is 18. The zero-order valence-electron chi connectivity index (χ0n) is 61.0. The summed E-state index contributed by atoms with van der Waals surface area (Å²) in [5, 5.41) is 0. The van der Waals surface area contributed by atoms with Crippen molar-refractivity contribution in [3.8, 4) is 0 Å². The summed E-state index contributed by atoms with van der Waals surface area (Å²) >= 11 is 0. The van der Waals surface area contributed by atoms with Crippen LogP contribution < -0.4 is 0 Å². The van der Waals surface area contributed by atoms with Gasteiger partial charge in [-0.2, -0.15) is 0 Å². The molecule has 0 aromatic carbocycles. The molecule has 0 heterocycles. The van der Waals surface area contributed by atoms with Gasteiger partial charge in [0.1, 0.15) is 0 Å². The van der Waals surface area contributed by atoms with Crippen molar-refractivity contribution >= 4 is 0 Å².